The van der Waals surface area contributed by atoms with Crippen LogP contribution < -0.4 is 61.0 Å². The Kier molecular flexibility index (Phi) is 26.7. The largest absolute Gasteiger partial charge is 0.480 e. The summed E-state index contributed by atoms with van der Waals surface area (Å²) in [6.45, 7) is 1.89. The molecule has 19 N–H and O–H groups in total. The molecule has 0 aliphatic carbocycles. The molecule has 1 heterocycles. The van der Waals surface area contributed by atoms with E-state index in [0.717, 1.165) is 0 Å². The minimum Gasteiger partial charge on any atom is -0.480 e. The number of unbranched alkanes of at least 4 members (excludes halogenated alkanes) is 5. The van der Waals surface area contributed by atoms with Gasteiger partial charge in [-0.05, 0) is 123 Å². The molecule has 320 valence electrons. The normalized spacial score (nSPS) is 14.4. The number of carbonyl (C=O) groups excluding carboxylic acids is 5. The highest BCUT2D eigenvalue weighted by atomic mass is 16.4. The van der Waals surface area contributed by atoms with E-state index in [1.807, 2.05) is 0 Å². The van der Waals surface area contributed by atoms with Gasteiger partial charge in [0.25, 0.3) is 0 Å². The van der Waals surface area contributed by atoms with Gasteiger partial charge in [-0.2, -0.15) is 0 Å². The van der Waals surface area contributed by atoms with E-state index in [9.17, 15) is 33.9 Å². The lowest BCUT2D eigenvalue weighted by atomic mass is 10.0. The number of amides is 5. The van der Waals surface area contributed by atoms with Gasteiger partial charge < -0.3 is 71.1 Å². The Bertz CT molecular complexity index is 1290. The van der Waals surface area contributed by atoms with Gasteiger partial charge in [-0.25, -0.2) is 9.78 Å². The number of hydrogen-bond donors (Lipinski definition) is 13. The molecular weight excluding hydrogens is 726 g/mol. The number of aromatic amines is 1. The average molecular weight is 796 g/mol. The zero-order valence-electron chi connectivity index (χ0n) is 32.8. The number of carboxylic acid groups (broad SMARTS) is 1. The van der Waals surface area contributed by atoms with Crippen LogP contribution in [0.2, 0.25) is 0 Å². The highest BCUT2D eigenvalue weighted by Gasteiger charge is 2.33. The van der Waals surface area contributed by atoms with Gasteiger partial charge in [0.1, 0.15) is 30.2 Å². The molecule has 0 saturated heterocycles. The molecule has 1 aromatic heterocycles. The molecule has 20 heteroatoms. The molecule has 0 radical (unpaired) electrons. The fourth-order valence-electron chi connectivity index (χ4n) is 5.87. The highest BCUT2D eigenvalue weighted by molar-refractivity contribution is 5.96. The smallest absolute Gasteiger partial charge is 0.326 e. The number of aromatic nitrogens is 2. The number of nitrogens with two attached hydrogens (primary N) is 6. The first-order chi connectivity index (χ1) is 26.9. The molecule has 0 saturated carbocycles. The van der Waals surface area contributed by atoms with Crippen LogP contribution in [0.1, 0.15) is 102 Å². The van der Waals surface area contributed by atoms with Crippen molar-refractivity contribution in [2.45, 2.75) is 139 Å². The van der Waals surface area contributed by atoms with Crippen LogP contribution in [-0.2, 0) is 35.2 Å². The Hall–Kier alpha value is -4.21. The molecule has 0 aliphatic heterocycles. The third-order valence-electron chi connectivity index (χ3n) is 9.22. The van der Waals surface area contributed by atoms with Crippen molar-refractivity contribution in [3.05, 3.63) is 18.2 Å². The van der Waals surface area contributed by atoms with Crippen LogP contribution in [0.15, 0.2) is 12.5 Å². The van der Waals surface area contributed by atoms with Gasteiger partial charge in [0.15, 0.2) is 0 Å². The third-order valence-corrected chi connectivity index (χ3v) is 9.22. The van der Waals surface area contributed by atoms with Crippen LogP contribution in [0.25, 0.3) is 0 Å². The van der Waals surface area contributed by atoms with Gasteiger partial charge >= 0.3 is 5.97 Å². The van der Waals surface area contributed by atoms with Crippen LogP contribution in [-0.4, -0.2) is 120 Å². The Morgan fingerprint density at radius 3 is 1.23 bits per heavy atom. The second-order valence-corrected chi connectivity index (χ2v) is 14.0. The summed E-state index contributed by atoms with van der Waals surface area (Å²) in [6, 6.07) is -6.60. The zero-order chi connectivity index (χ0) is 41.7. The number of nitrogens with zero attached hydrogens (tertiary/aromatic N) is 1. The van der Waals surface area contributed by atoms with Crippen molar-refractivity contribution in [2.24, 2.45) is 34.4 Å². The first-order valence-corrected chi connectivity index (χ1v) is 19.9. The van der Waals surface area contributed by atoms with Gasteiger partial charge in [-0.1, -0.05) is 6.42 Å². The fraction of sp³-hybridized carbons (Fsp3) is 0.750. The summed E-state index contributed by atoms with van der Waals surface area (Å²) in [4.78, 5) is 86.9. The van der Waals surface area contributed by atoms with E-state index in [1.54, 1.807) is 0 Å². The quantitative estimate of drug-likeness (QED) is 0.0326. The minimum absolute atomic E-state index is 0.0400. The topological polar surface area (TPSA) is 368 Å². The average Bonchev–Trinajstić information content (AvgIpc) is 3.69. The first kappa shape index (κ1) is 49.8. The second-order valence-electron chi connectivity index (χ2n) is 14.0. The lowest BCUT2D eigenvalue weighted by Gasteiger charge is -2.27. The number of rotatable bonds is 33. The number of H-pyrrole nitrogens is 1. The van der Waals surface area contributed by atoms with Crippen molar-refractivity contribution in [3.8, 4) is 0 Å². The molecule has 0 spiro atoms. The molecule has 0 aliphatic rings. The number of hydrogen-bond acceptors (Lipinski definition) is 13. The highest BCUT2D eigenvalue weighted by Crippen LogP contribution is 2.10. The van der Waals surface area contributed by atoms with Gasteiger partial charge in [0.2, 0.25) is 29.5 Å². The van der Waals surface area contributed by atoms with Gasteiger partial charge in [0.05, 0.1) is 12.4 Å². The van der Waals surface area contributed by atoms with E-state index in [-0.39, 0.29) is 32.1 Å². The molecule has 0 aromatic carbocycles. The summed E-state index contributed by atoms with van der Waals surface area (Å²) in [6.07, 6.45) is 9.44. The SMILES string of the molecule is NCCCC[C@H](NC(=O)[C@H](CCCCN)NC(=O)[C@H](CCCCN)NC(=O)[C@H](Cc1cnc[nH]1)NC(=O)[C@H](CCCCN)NC(=O)[C@@H](N)CCCCN)C(=O)O. The van der Waals surface area contributed by atoms with E-state index in [0.29, 0.717) is 109 Å². The molecule has 0 fully saturated rings. The van der Waals surface area contributed by atoms with Crippen LogP contribution >= 0.6 is 0 Å². The van der Waals surface area contributed by atoms with Crippen molar-refractivity contribution >= 4 is 35.5 Å². The zero-order valence-corrected chi connectivity index (χ0v) is 32.8. The maximum absolute atomic E-state index is 14.0. The fourth-order valence-corrected chi connectivity index (χ4v) is 5.87. The molecular formula is C36H69N13O7. The molecule has 6 atom stereocenters. The maximum atomic E-state index is 14.0. The number of aliphatic carboxylic acids is 1. The predicted octanol–water partition coefficient (Wildman–Crippen LogP) is -2.57. The van der Waals surface area contributed by atoms with E-state index in [2.05, 4.69) is 36.6 Å². The predicted molar refractivity (Wildman–Crippen MR) is 212 cm³/mol. The summed E-state index contributed by atoms with van der Waals surface area (Å²) < 4.78 is 0. The van der Waals surface area contributed by atoms with E-state index in [1.165, 1.54) is 12.5 Å². The van der Waals surface area contributed by atoms with Crippen LogP contribution in [0.4, 0.5) is 0 Å². The molecule has 56 heavy (non-hydrogen) atoms. The van der Waals surface area contributed by atoms with Crippen molar-refractivity contribution in [1.82, 2.24) is 36.6 Å². The summed E-state index contributed by atoms with van der Waals surface area (Å²) >= 11 is 0. The van der Waals surface area contributed by atoms with E-state index >= 15 is 0 Å². The van der Waals surface area contributed by atoms with Crippen molar-refractivity contribution < 1.29 is 33.9 Å². The summed E-state index contributed by atoms with van der Waals surface area (Å²) in [5.41, 5.74) is 34.8. The minimum atomic E-state index is -1.23. The van der Waals surface area contributed by atoms with Gasteiger partial charge in [0, 0.05) is 18.3 Å². The molecule has 1 aromatic rings. The Labute approximate surface area is 329 Å². The maximum Gasteiger partial charge on any atom is 0.326 e. The van der Waals surface area contributed by atoms with E-state index in [4.69, 9.17) is 34.4 Å². The standard InChI is InChI=1S/C36H69N13O7/c37-16-6-1-11-25(42)31(50)45-26(12-2-7-17-38)34(53)49-30(21-24-22-43-23-44-24)35(54)47-27(13-3-8-18-39)32(51)46-28(14-4-9-19-40)33(52)48-29(36(55)56)15-5-10-20-41/h22-23,25-30H,1-21,37-42H2,(H,43,44)(H,45,50)(H,46,51)(H,47,54)(H,48,52)(H,49,53)(H,55,56)/t25-,26-,27-,28-,29-,30-/m0/s1. The number of carboxylic acids is 1. The van der Waals surface area contributed by atoms with Crippen LogP contribution in [0.5, 0.6) is 0 Å². The van der Waals surface area contributed by atoms with Gasteiger partial charge in [-0.15, -0.1) is 0 Å². The molecule has 0 unspecified atom stereocenters. The summed E-state index contributed by atoms with van der Waals surface area (Å²) in [5, 5.41) is 23.2. The Morgan fingerprint density at radius 2 is 0.857 bits per heavy atom. The van der Waals surface area contributed by atoms with Gasteiger partial charge in [-0.3, -0.25) is 24.0 Å². The molecule has 20 nitrogen and oxygen atoms in total. The first-order valence-electron chi connectivity index (χ1n) is 19.9. The molecule has 0 bridgehead atoms. The third kappa shape index (κ3) is 20.6. The van der Waals surface area contributed by atoms with Crippen LogP contribution in [0, 0.1) is 0 Å². The van der Waals surface area contributed by atoms with E-state index < -0.39 is 71.8 Å². The molecule has 5 amide bonds. The van der Waals surface area contributed by atoms with Crippen molar-refractivity contribution in [2.75, 3.05) is 32.7 Å². The van der Waals surface area contributed by atoms with Crippen molar-refractivity contribution in [3.63, 3.8) is 0 Å². The summed E-state index contributed by atoms with van der Waals surface area (Å²) in [5.74, 6) is -4.44. The van der Waals surface area contributed by atoms with Crippen LogP contribution in [0.3, 0.4) is 0 Å². The Balaban J connectivity index is 3.32. The number of nitrogens with one attached hydrogen (secondary N) is 6. The number of imidazole rings is 1. The van der Waals surface area contributed by atoms with Crippen molar-refractivity contribution in [1.29, 1.82) is 0 Å². The number of carbonyl (C=O) groups is 6. The molecule has 1 rings (SSSR count). The lowest BCUT2D eigenvalue weighted by molar-refractivity contribution is -0.142. The Morgan fingerprint density at radius 1 is 0.518 bits per heavy atom. The monoisotopic (exact) mass is 796 g/mol. The summed E-state index contributed by atoms with van der Waals surface area (Å²) in [7, 11) is 0. The second kappa shape index (κ2) is 30.0. The lowest BCUT2D eigenvalue weighted by Crippen LogP contribution is -2.59.